The zero-order valence-corrected chi connectivity index (χ0v) is 16.4. The van der Waals surface area contributed by atoms with Gasteiger partial charge in [-0.25, -0.2) is 9.67 Å². The third-order valence-corrected chi connectivity index (χ3v) is 4.81. The second kappa shape index (κ2) is 8.99. The molecule has 1 N–H and O–H groups in total. The highest BCUT2D eigenvalue weighted by Crippen LogP contribution is 2.19. The molecule has 1 atom stereocenters. The highest BCUT2D eigenvalue weighted by molar-refractivity contribution is 5.92. The molecular formula is C20H29N5O2. The molecule has 2 heterocycles. The topological polar surface area (TPSA) is 72.3 Å². The van der Waals surface area contributed by atoms with Crippen LogP contribution in [0.3, 0.4) is 0 Å². The molecule has 1 aliphatic rings. The maximum absolute atomic E-state index is 12.4. The lowest BCUT2D eigenvalue weighted by Crippen LogP contribution is -2.41. The Bertz CT molecular complexity index is 756. The molecule has 1 aliphatic heterocycles. The molecule has 7 heteroatoms. The summed E-state index contributed by atoms with van der Waals surface area (Å²) in [6.45, 7) is 9.65. The number of hydrogen-bond acceptors (Lipinski definition) is 5. The summed E-state index contributed by atoms with van der Waals surface area (Å²) in [5, 5.41) is 7.44. The first-order valence-electron chi connectivity index (χ1n) is 9.66. The molecule has 0 spiro atoms. The average Bonchev–Trinajstić information content (AvgIpc) is 2.94. The fourth-order valence-corrected chi connectivity index (χ4v) is 3.63. The van der Waals surface area contributed by atoms with Crippen LogP contribution in [0.4, 0.5) is 5.69 Å². The summed E-state index contributed by atoms with van der Waals surface area (Å²) < 4.78 is 7.41. The van der Waals surface area contributed by atoms with Gasteiger partial charge in [0.2, 0.25) is 5.91 Å². The van der Waals surface area contributed by atoms with Gasteiger partial charge >= 0.3 is 0 Å². The first kappa shape index (κ1) is 19.4. The van der Waals surface area contributed by atoms with Crippen molar-refractivity contribution >= 4 is 11.6 Å². The Balaban J connectivity index is 1.49. The fourth-order valence-electron chi connectivity index (χ4n) is 3.63. The molecule has 1 unspecified atom stereocenters. The Morgan fingerprint density at radius 2 is 2.07 bits per heavy atom. The minimum atomic E-state index is 0.0209. The minimum absolute atomic E-state index is 0.0209. The fraction of sp³-hybridized carbons (Fsp3) is 0.550. The van der Waals surface area contributed by atoms with Gasteiger partial charge in [-0.15, -0.1) is 0 Å². The molecule has 0 aliphatic carbocycles. The van der Waals surface area contributed by atoms with Gasteiger partial charge in [-0.05, 0) is 70.3 Å². The predicted molar refractivity (Wildman–Crippen MR) is 105 cm³/mol. The number of carbonyl (C=O) groups excluding carboxylic acids is 1. The van der Waals surface area contributed by atoms with E-state index in [0.29, 0.717) is 19.1 Å². The molecule has 0 saturated carbocycles. The molecule has 27 heavy (non-hydrogen) atoms. The van der Waals surface area contributed by atoms with Crippen LogP contribution in [0.2, 0.25) is 0 Å². The smallest absolute Gasteiger partial charge is 0.238 e. The lowest BCUT2D eigenvalue weighted by molar-refractivity contribution is -0.117. The van der Waals surface area contributed by atoms with Crippen molar-refractivity contribution in [2.24, 2.45) is 5.92 Å². The molecule has 7 nitrogen and oxygen atoms in total. The summed E-state index contributed by atoms with van der Waals surface area (Å²) in [4.78, 5) is 19.0. The number of aromatic nitrogens is 3. The van der Waals surface area contributed by atoms with Crippen molar-refractivity contribution in [3.8, 4) is 5.75 Å². The first-order chi connectivity index (χ1) is 13.0. The third-order valence-electron chi connectivity index (χ3n) is 4.81. The molecule has 1 aromatic heterocycles. The maximum atomic E-state index is 12.4. The van der Waals surface area contributed by atoms with E-state index in [9.17, 15) is 4.79 Å². The number of aryl methyl sites for hydroxylation is 2. The second-order valence-electron chi connectivity index (χ2n) is 7.14. The zero-order chi connectivity index (χ0) is 19.2. The van der Waals surface area contributed by atoms with Crippen molar-refractivity contribution in [2.45, 2.75) is 40.2 Å². The van der Waals surface area contributed by atoms with Gasteiger partial charge in [0.25, 0.3) is 0 Å². The molecule has 0 radical (unpaired) electrons. The van der Waals surface area contributed by atoms with E-state index in [2.05, 4.69) is 20.3 Å². The Labute approximate surface area is 160 Å². The van der Waals surface area contributed by atoms with Crippen molar-refractivity contribution in [1.82, 2.24) is 19.7 Å². The number of amides is 1. The van der Waals surface area contributed by atoms with Crippen molar-refractivity contribution in [3.05, 3.63) is 35.9 Å². The number of anilines is 1. The van der Waals surface area contributed by atoms with Crippen LogP contribution in [-0.4, -0.2) is 51.8 Å². The van der Waals surface area contributed by atoms with Gasteiger partial charge in [-0.1, -0.05) is 0 Å². The summed E-state index contributed by atoms with van der Waals surface area (Å²) in [6, 6.07) is 7.49. The molecule has 2 aromatic rings. The lowest BCUT2D eigenvalue weighted by Gasteiger charge is -2.32. The van der Waals surface area contributed by atoms with Crippen LogP contribution >= 0.6 is 0 Å². The molecule has 0 bridgehead atoms. The number of nitrogens with one attached hydrogen (secondary N) is 1. The molecule has 3 rings (SSSR count). The number of hydrogen-bond donors (Lipinski definition) is 1. The number of likely N-dealkylation sites (tertiary alicyclic amines) is 1. The summed E-state index contributed by atoms with van der Waals surface area (Å²) in [7, 11) is 0. The van der Waals surface area contributed by atoms with Gasteiger partial charge in [0, 0.05) is 18.8 Å². The molecular weight excluding hydrogens is 342 g/mol. The Kier molecular flexibility index (Phi) is 6.45. The van der Waals surface area contributed by atoms with E-state index >= 15 is 0 Å². The predicted octanol–water partition coefficient (Wildman–Crippen LogP) is 2.64. The van der Waals surface area contributed by atoms with E-state index in [1.807, 2.05) is 49.7 Å². The summed E-state index contributed by atoms with van der Waals surface area (Å²) in [6.07, 6.45) is 2.27. The van der Waals surface area contributed by atoms with Crippen LogP contribution in [0.15, 0.2) is 24.3 Å². The summed E-state index contributed by atoms with van der Waals surface area (Å²) >= 11 is 0. The highest BCUT2D eigenvalue weighted by atomic mass is 16.5. The van der Waals surface area contributed by atoms with Crippen molar-refractivity contribution in [1.29, 1.82) is 0 Å². The summed E-state index contributed by atoms with van der Waals surface area (Å²) in [5.41, 5.74) is 0.797. The van der Waals surface area contributed by atoms with Crippen molar-refractivity contribution in [3.63, 3.8) is 0 Å². The second-order valence-corrected chi connectivity index (χ2v) is 7.14. The van der Waals surface area contributed by atoms with Gasteiger partial charge in [0.1, 0.15) is 17.4 Å². The number of rotatable bonds is 7. The molecule has 1 saturated heterocycles. The van der Waals surface area contributed by atoms with Crippen molar-refractivity contribution < 1.29 is 9.53 Å². The van der Waals surface area contributed by atoms with Gasteiger partial charge in [-0.3, -0.25) is 9.69 Å². The minimum Gasteiger partial charge on any atom is -0.494 e. The quantitative estimate of drug-likeness (QED) is 0.810. The number of ether oxygens (including phenoxy) is 1. The Morgan fingerprint density at radius 3 is 2.74 bits per heavy atom. The van der Waals surface area contributed by atoms with E-state index in [-0.39, 0.29) is 5.91 Å². The van der Waals surface area contributed by atoms with Crippen LogP contribution in [0, 0.1) is 19.8 Å². The summed E-state index contributed by atoms with van der Waals surface area (Å²) in [5.74, 6) is 3.10. The largest absolute Gasteiger partial charge is 0.494 e. The maximum Gasteiger partial charge on any atom is 0.238 e. The number of carbonyl (C=O) groups is 1. The standard InChI is InChI=1S/C20H29N5O2/c1-4-27-19-9-7-18(8-10-19)22-20(26)14-24-11-5-6-17(12-24)13-25-16(3)21-15(2)23-25/h7-10,17H,4-6,11-14H2,1-3H3,(H,22,26). The molecule has 1 aromatic carbocycles. The highest BCUT2D eigenvalue weighted by Gasteiger charge is 2.23. The van der Waals surface area contributed by atoms with Crippen molar-refractivity contribution in [2.75, 3.05) is 31.6 Å². The third kappa shape index (κ3) is 5.53. The van der Waals surface area contributed by atoms with Crippen LogP contribution in [-0.2, 0) is 11.3 Å². The van der Waals surface area contributed by atoms with Crippen LogP contribution < -0.4 is 10.1 Å². The van der Waals surface area contributed by atoms with E-state index in [1.54, 1.807) is 0 Å². The van der Waals surface area contributed by atoms with Gasteiger partial charge in [0.05, 0.1) is 13.2 Å². The SMILES string of the molecule is CCOc1ccc(NC(=O)CN2CCCC(Cn3nc(C)nc3C)C2)cc1. The lowest BCUT2D eigenvalue weighted by atomic mass is 9.98. The number of benzene rings is 1. The zero-order valence-electron chi connectivity index (χ0n) is 16.4. The number of nitrogens with zero attached hydrogens (tertiary/aromatic N) is 4. The Morgan fingerprint density at radius 1 is 1.30 bits per heavy atom. The Hall–Kier alpha value is -2.41. The first-order valence-corrected chi connectivity index (χ1v) is 9.66. The van der Waals surface area contributed by atoms with Gasteiger partial charge in [-0.2, -0.15) is 5.10 Å². The van der Waals surface area contributed by atoms with Crippen LogP contribution in [0.25, 0.3) is 0 Å². The normalized spacial score (nSPS) is 17.7. The van der Waals surface area contributed by atoms with E-state index in [4.69, 9.17) is 4.74 Å². The molecule has 1 fully saturated rings. The molecule has 1 amide bonds. The average molecular weight is 371 g/mol. The van der Waals surface area contributed by atoms with Gasteiger partial charge in [0.15, 0.2) is 0 Å². The van der Waals surface area contributed by atoms with E-state index in [1.165, 1.54) is 0 Å². The van der Waals surface area contributed by atoms with E-state index < -0.39 is 0 Å². The van der Waals surface area contributed by atoms with E-state index in [0.717, 1.165) is 55.6 Å². The van der Waals surface area contributed by atoms with Gasteiger partial charge < -0.3 is 10.1 Å². The monoisotopic (exact) mass is 371 g/mol. The number of piperidine rings is 1. The molecule has 146 valence electrons. The van der Waals surface area contributed by atoms with Crippen LogP contribution in [0.1, 0.15) is 31.4 Å². The van der Waals surface area contributed by atoms with Crippen LogP contribution in [0.5, 0.6) is 5.75 Å².